The molecule has 1 aromatic rings. The highest BCUT2D eigenvalue weighted by molar-refractivity contribution is 5.16. The molecule has 0 radical (unpaired) electrons. The highest BCUT2D eigenvalue weighted by atomic mass is 16.5. The van der Waals surface area contributed by atoms with E-state index in [1.54, 1.807) is 0 Å². The van der Waals surface area contributed by atoms with E-state index in [0.29, 0.717) is 5.92 Å². The average molecular weight is 222 g/mol. The van der Waals surface area contributed by atoms with Crippen LogP contribution in [0.2, 0.25) is 0 Å². The van der Waals surface area contributed by atoms with Crippen LogP contribution >= 0.6 is 0 Å². The van der Waals surface area contributed by atoms with Crippen molar-refractivity contribution in [2.24, 2.45) is 0 Å². The van der Waals surface area contributed by atoms with Crippen LogP contribution in [0.15, 0.2) is 6.20 Å². The third kappa shape index (κ3) is 1.57. The molecular weight excluding hydrogens is 204 g/mol. The highest BCUT2D eigenvalue weighted by Crippen LogP contribution is 2.32. The van der Waals surface area contributed by atoms with E-state index in [4.69, 9.17) is 4.74 Å². The molecule has 3 rings (SSSR count). The Morgan fingerprint density at radius 2 is 2.44 bits per heavy atom. The molecule has 2 aliphatic heterocycles. The first-order chi connectivity index (χ1) is 7.90. The molecule has 2 unspecified atom stereocenters. The zero-order chi connectivity index (χ0) is 11.0. The Hall–Kier alpha value is -0.870. The first kappa shape index (κ1) is 10.3. The smallest absolute Gasteiger partial charge is 0.114 e. The van der Waals surface area contributed by atoms with Crippen LogP contribution in [0.1, 0.15) is 42.6 Å². The van der Waals surface area contributed by atoms with Crippen molar-refractivity contribution in [2.75, 3.05) is 19.8 Å². The van der Waals surface area contributed by atoms with Gasteiger partial charge in [0.1, 0.15) is 5.82 Å². The number of nitrogens with zero attached hydrogens (tertiary/aromatic N) is 2. The second kappa shape index (κ2) is 4.18. The number of ether oxygens (including phenoxy) is 1. The summed E-state index contributed by atoms with van der Waals surface area (Å²) in [5.41, 5.74) is 1.22. The molecule has 16 heavy (non-hydrogen) atoms. The van der Waals surface area contributed by atoms with Crippen molar-refractivity contribution in [2.45, 2.75) is 37.6 Å². The molecule has 88 valence electrons. The first-order valence-corrected chi connectivity index (χ1v) is 6.14. The van der Waals surface area contributed by atoms with Crippen LogP contribution in [0, 0.1) is 0 Å². The molecule has 4 heteroatoms. The number of aromatic nitrogens is 2. The van der Waals surface area contributed by atoms with Gasteiger partial charge in [0.2, 0.25) is 0 Å². The van der Waals surface area contributed by atoms with Crippen molar-refractivity contribution in [1.82, 2.24) is 9.55 Å². The maximum atomic E-state index is 9.35. The van der Waals surface area contributed by atoms with Crippen molar-refractivity contribution < 1.29 is 9.84 Å². The molecule has 0 amide bonds. The lowest BCUT2D eigenvalue weighted by Gasteiger charge is -2.24. The number of aliphatic hydroxyl groups is 1. The van der Waals surface area contributed by atoms with Crippen LogP contribution in [0.3, 0.4) is 0 Å². The van der Waals surface area contributed by atoms with Gasteiger partial charge >= 0.3 is 0 Å². The summed E-state index contributed by atoms with van der Waals surface area (Å²) >= 11 is 0. The lowest BCUT2D eigenvalue weighted by atomic mass is 9.97. The molecule has 0 bridgehead atoms. The van der Waals surface area contributed by atoms with Gasteiger partial charge in [-0.25, -0.2) is 4.98 Å². The number of rotatable bonds is 2. The van der Waals surface area contributed by atoms with E-state index >= 15 is 0 Å². The molecule has 2 aliphatic rings. The molecule has 4 nitrogen and oxygen atoms in total. The van der Waals surface area contributed by atoms with Gasteiger partial charge in [0.15, 0.2) is 0 Å². The lowest BCUT2D eigenvalue weighted by molar-refractivity contribution is 0.192. The number of hydrogen-bond acceptors (Lipinski definition) is 3. The molecule has 2 atom stereocenters. The van der Waals surface area contributed by atoms with Crippen molar-refractivity contribution >= 4 is 0 Å². The van der Waals surface area contributed by atoms with Gasteiger partial charge < -0.3 is 14.4 Å². The van der Waals surface area contributed by atoms with Gasteiger partial charge in [0.25, 0.3) is 0 Å². The van der Waals surface area contributed by atoms with E-state index in [1.807, 2.05) is 6.20 Å². The quantitative estimate of drug-likeness (QED) is 0.819. The minimum atomic E-state index is 0.242. The van der Waals surface area contributed by atoms with Crippen molar-refractivity contribution in [3.8, 4) is 0 Å². The van der Waals surface area contributed by atoms with E-state index in [0.717, 1.165) is 39.0 Å². The molecule has 1 aromatic heterocycles. The topological polar surface area (TPSA) is 47.3 Å². The van der Waals surface area contributed by atoms with Gasteiger partial charge in [-0.3, -0.25) is 0 Å². The minimum Gasteiger partial charge on any atom is -0.396 e. The maximum absolute atomic E-state index is 9.35. The molecule has 0 aliphatic carbocycles. The van der Waals surface area contributed by atoms with E-state index in [-0.39, 0.29) is 12.5 Å². The van der Waals surface area contributed by atoms with E-state index in [9.17, 15) is 5.11 Å². The lowest BCUT2D eigenvalue weighted by Crippen LogP contribution is -2.20. The predicted molar refractivity (Wildman–Crippen MR) is 59.5 cm³/mol. The summed E-state index contributed by atoms with van der Waals surface area (Å²) in [5.74, 6) is 1.93. The molecular formula is C12H18N2O2. The molecule has 0 aromatic carbocycles. The number of hydrogen-bond donors (Lipinski definition) is 1. The Morgan fingerprint density at radius 1 is 1.50 bits per heavy atom. The second-order valence-electron chi connectivity index (χ2n) is 4.78. The van der Waals surface area contributed by atoms with Crippen LogP contribution in [0.4, 0.5) is 0 Å². The minimum absolute atomic E-state index is 0.242. The van der Waals surface area contributed by atoms with Crippen LogP contribution < -0.4 is 0 Å². The summed E-state index contributed by atoms with van der Waals surface area (Å²) in [6.45, 7) is 2.96. The fourth-order valence-electron chi connectivity index (χ4n) is 2.87. The third-order valence-electron chi connectivity index (χ3n) is 3.79. The van der Waals surface area contributed by atoms with Gasteiger partial charge in [-0.05, 0) is 19.3 Å². The summed E-state index contributed by atoms with van der Waals surface area (Å²) in [6, 6.07) is 0. The van der Waals surface area contributed by atoms with E-state index < -0.39 is 0 Å². The van der Waals surface area contributed by atoms with Crippen molar-refractivity contribution in [3.63, 3.8) is 0 Å². The summed E-state index contributed by atoms with van der Waals surface area (Å²) in [7, 11) is 0. The van der Waals surface area contributed by atoms with Gasteiger partial charge in [-0.1, -0.05) is 0 Å². The van der Waals surface area contributed by atoms with Gasteiger partial charge in [0, 0.05) is 36.9 Å². The Kier molecular flexibility index (Phi) is 2.69. The summed E-state index contributed by atoms with van der Waals surface area (Å²) in [4.78, 5) is 4.55. The molecule has 1 saturated heterocycles. The Morgan fingerprint density at radius 3 is 3.19 bits per heavy atom. The number of fused-ring (bicyclic) bond motifs is 1. The summed E-state index contributed by atoms with van der Waals surface area (Å²) in [6.07, 6.45) is 5.27. The van der Waals surface area contributed by atoms with Gasteiger partial charge in [0.05, 0.1) is 13.2 Å². The molecule has 1 fully saturated rings. The zero-order valence-electron chi connectivity index (χ0n) is 9.43. The SMILES string of the molecule is OCC1CCCn2c1cnc2C1CCOC1. The van der Waals surface area contributed by atoms with Crippen molar-refractivity contribution in [3.05, 3.63) is 17.7 Å². The second-order valence-corrected chi connectivity index (χ2v) is 4.78. The number of imidazole rings is 1. The molecule has 0 spiro atoms. The molecule has 1 N–H and O–H groups in total. The highest BCUT2D eigenvalue weighted by Gasteiger charge is 2.28. The Balaban J connectivity index is 1.93. The fraction of sp³-hybridized carbons (Fsp3) is 0.750. The van der Waals surface area contributed by atoms with Crippen LogP contribution in [-0.4, -0.2) is 34.5 Å². The molecule has 3 heterocycles. The normalized spacial score (nSPS) is 29.3. The van der Waals surface area contributed by atoms with Gasteiger partial charge in [-0.2, -0.15) is 0 Å². The van der Waals surface area contributed by atoms with Crippen LogP contribution in [-0.2, 0) is 11.3 Å². The monoisotopic (exact) mass is 222 g/mol. The summed E-state index contributed by atoms with van der Waals surface area (Å²) in [5, 5.41) is 9.35. The van der Waals surface area contributed by atoms with Crippen LogP contribution in [0.25, 0.3) is 0 Å². The van der Waals surface area contributed by atoms with Crippen molar-refractivity contribution in [1.29, 1.82) is 0 Å². The largest absolute Gasteiger partial charge is 0.396 e. The predicted octanol–water partition coefficient (Wildman–Crippen LogP) is 1.26. The summed E-state index contributed by atoms with van der Waals surface area (Å²) < 4.78 is 7.73. The Labute approximate surface area is 95.3 Å². The van der Waals surface area contributed by atoms with E-state index in [1.165, 1.54) is 11.5 Å². The van der Waals surface area contributed by atoms with E-state index in [2.05, 4.69) is 9.55 Å². The fourth-order valence-corrected chi connectivity index (χ4v) is 2.87. The van der Waals surface area contributed by atoms with Crippen LogP contribution in [0.5, 0.6) is 0 Å². The third-order valence-corrected chi connectivity index (χ3v) is 3.79. The Bertz CT molecular complexity index is 369. The average Bonchev–Trinajstić information content (AvgIpc) is 2.96. The zero-order valence-corrected chi connectivity index (χ0v) is 9.43. The standard InChI is InChI=1S/C12H18N2O2/c15-7-9-2-1-4-14-11(9)6-13-12(14)10-3-5-16-8-10/h6,9-10,15H,1-5,7-8H2. The molecule has 0 saturated carbocycles. The van der Waals surface area contributed by atoms with Gasteiger partial charge in [-0.15, -0.1) is 0 Å². The maximum Gasteiger partial charge on any atom is 0.114 e. The first-order valence-electron chi connectivity index (χ1n) is 6.14. The number of aliphatic hydroxyl groups excluding tert-OH is 1.